The van der Waals surface area contributed by atoms with Gasteiger partial charge in [0.05, 0.1) is 12.7 Å². The van der Waals surface area contributed by atoms with Crippen molar-refractivity contribution < 1.29 is 0 Å². The Morgan fingerprint density at radius 1 is 1.47 bits per heavy atom. The number of anilines is 1. The number of benzene rings is 1. The van der Waals surface area contributed by atoms with Crippen LogP contribution in [0.2, 0.25) is 0 Å². The summed E-state index contributed by atoms with van der Waals surface area (Å²) in [5, 5.41) is 4.09. The summed E-state index contributed by atoms with van der Waals surface area (Å²) in [6.45, 7) is 2.25. The molecule has 1 heterocycles. The first-order valence-electron chi connectivity index (χ1n) is 5.14. The van der Waals surface area contributed by atoms with Crippen LogP contribution in [-0.4, -0.2) is 9.78 Å². The molecule has 1 aromatic heterocycles. The SMILES string of the molecule is Cc1cnn(Cc2cccc(N)c2Br)c(=O)c1. The van der Waals surface area contributed by atoms with Crippen LogP contribution < -0.4 is 11.3 Å². The molecule has 5 heteroatoms. The zero-order valence-corrected chi connectivity index (χ0v) is 10.9. The lowest BCUT2D eigenvalue weighted by molar-refractivity contribution is 0.635. The number of aryl methyl sites for hydroxylation is 1. The monoisotopic (exact) mass is 293 g/mol. The van der Waals surface area contributed by atoms with E-state index in [1.807, 2.05) is 19.1 Å². The predicted octanol–water partition coefficient (Wildman–Crippen LogP) is 1.94. The van der Waals surface area contributed by atoms with Gasteiger partial charge in [0.2, 0.25) is 0 Å². The van der Waals surface area contributed by atoms with Gasteiger partial charge in [0.15, 0.2) is 0 Å². The summed E-state index contributed by atoms with van der Waals surface area (Å²) in [6.07, 6.45) is 1.67. The van der Waals surface area contributed by atoms with E-state index in [0.717, 1.165) is 15.6 Å². The van der Waals surface area contributed by atoms with Gasteiger partial charge in [-0.05, 0) is 40.0 Å². The minimum atomic E-state index is -0.112. The number of halogens is 1. The fourth-order valence-corrected chi connectivity index (χ4v) is 1.92. The van der Waals surface area contributed by atoms with Crippen LogP contribution in [0.3, 0.4) is 0 Å². The largest absolute Gasteiger partial charge is 0.398 e. The first-order valence-corrected chi connectivity index (χ1v) is 5.94. The number of nitrogen functional groups attached to an aromatic ring is 1. The summed E-state index contributed by atoms with van der Waals surface area (Å²) >= 11 is 3.41. The van der Waals surface area contributed by atoms with Crippen LogP contribution in [0.4, 0.5) is 5.69 Å². The second kappa shape index (κ2) is 4.71. The Morgan fingerprint density at radius 2 is 2.24 bits per heavy atom. The molecule has 0 radical (unpaired) electrons. The first-order chi connectivity index (χ1) is 8.08. The zero-order valence-electron chi connectivity index (χ0n) is 9.35. The average Bonchev–Trinajstić information content (AvgIpc) is 2.28. The third-order valence-electron chi connectivity index (χ3n) is 2.43. The number of nitrogens with zero attached hydrogens (tertiary/aromatic N) is 2. The van der Waals surface area contributed by atoms with Crippen molar-refractivity contribution in [2.24, 2.45) is 0 Å². The summed E-state index contributed by atoms with van der Waals surface area (Å²) < 4.78 is 2.22. The van der Waals surface area contributed by atoms with Crippen molar-refractivity contribution in [2.75, 3.05) is 5.73 Å². The molecule has 4 nitrogen and oxygen atoms in total. The van der Waals surface area contributed by atoms with Gasteiger partial charge in [-0.25, -0.2) is 4.68 Å². The van der Waals surface area contributed by atoms with E-state index >= 15 is 0 Å². The number of hydrogen-bond acceptors (Lipinski definition) is 3. The molecule has 0 spiro atoms. The van der Waals surface area contributed by atoms with Gasteiger partial charge in [-0.15, -0.1) is 0 Å². The van der Waals surface area contributed by atoms with E-state index in [0.29, 0.717) is 12.2 Å². The standard InChI is InChI=1S/C12H12BrN3O/c1-8-5-11(17)16(15-6-8)7-9-3-2-4-10(14)12(9)13/h2-6H,7,14H2,1H3. The minimum absolute atomic E-state index is 0.112. The quantitative estimate of drug-likeness (QED) is 0.861. The highest BCUT2D eigenvalue weighted by atomic mass is 79.9. The van der Waals surface area contributed by atoms with Gasteiger partial charge >= 0.3 is 0 Å². The molecule has 0 atom stereocenters. The van der Waals surface area contributed by atoms with Gasteiger partial charge in [-0.2, -0.15) is 5.10 Å². The second-order valence-electron chi connectivity index (χ2n) is 3.85. The Labute approximate surface area is 107 Å². The summed E-state index contributed by atoms with van der Waals surface area (Å²) in [4.78, 5) is 11.7. The molecule has 2 rings (SSSR count). The zero-order chi connectivity index (χ0) is 12.4. The molecule has 0 amide bonds. The Morgan fingerprint density at radius 3 is 2.94 bits per heavy atom. The molecule has 0 saturated carbocycles. The van der Waals surface area contributed by atoms with Crippen molar-refractivity contribution in [2.45, 2.75) is 13.5 Å². The van der Waals surface area contributed by atoms with E-state index in [9.17, 15) is 4.79 Å². The molecule has 0 unspecified atom stereocenters. The Hall–Kier alpha value is -1.62. The highest BCUT2D eigenvalue weighted by Crippen LogP contribution is 2.23. The molecule has 0 saturated heterocycles. The fraction of sp³-hybridized carbons (Fsp3) is 0.167. The van der Waals surface area contributed by atoms with E-state index in [-0.39, 0.29) is 5.56 Å². The van der Waals surface area contributed by atoms with Crippen molar-refractivity contribution in [1.82, 2.24) is 9.78 Å². The molecule has 0 aliphatic rings. The van der Waals surface area contributed by atoms with Gasteiger partial charge in [0, 0.05) is 16.2 Å². The van der Waals surface area contributed by atoms with Crippen LogP contribution in [-0.2, 0) is 6.54 Å². The van der Waals surface area contributed by atoms with Crippen LogP contribution in [0.1, 0.15) is 11.1 Å². The molecule has 0 fully saturated rings. The third-order valence-corrected chi connectivity index (χ3v) is 3.40. The van der Waals surface area contributed by atoms with Crippen molar-refractivity contribution in [3.8, 4) is 0 Å². The van der Waals surface area contributed by atoms with E-state index in [4.69, 9.17) is 5.73 Å². The highest BCUT2D eigenvalue weighted by Gasteiger charge is 2.05. The summed E-state index contributed by atoms with van der Waals surface area (Å²) in [5.41, 5.74) is 8.12. The van der Waals surface area contributed by atoms with Gasteiger partial charge in [-0.3, -0.25) is 4.79 Å². The van der Waals surface area contributed by atoms with Crippen LogP contribution >= 0.6 is 15.9 Å². The third kappa shape index (κ3) is 2.55. The minimum Gasteiger partial charge on any atom is -0.398 e. The Bertz CT molecular complexity index is 607. The first kappa shape index (κ1) is 11.9. The highest BCUT2D eigenvalue weighted by molar-refractivity contribution is 9.10. The van der Waals surface area contributed by atoms with Crippen molar-refractivity contribution in [1.29, 1.82) is 0 Å². The Balaban J connectivity index is 2.38. The second-order valence-corrected chi connectivity index (χ2v) is 4.64. The van der Waals surface area contributed by atoms with Crippen LogP contribution in [0, 0.1) is 6.92 Å². The number of hydrogen-bond donors (Lipinski definition) is 1. The molecular formula is C12H12BrN3O. The van der Waals surface area contributed by atoms with E-state index in [2.05, 4.69) is 21.0 Å². The van der Waals surface area contributed by atoms with Crippen LogP contribution in [0.15, 0.2) is 39.7 Å². The maximum Gasteiger partial charge on any atom is 0.267 e. The van der Waals surface area contributed by atoms with Crippen molar-refractivity contribution in [3.63, 3.8) is 0 Å². The van der Waals surface area contributed by atoms with Crippen molar-refractivity contribution in [3.05, 3.63) is 56.4 Å². The molecule has 2 aromatic rings. The topological polar surface area (TPSA) is 60.9 Å². The Kier molecular flexibility index (Phi) is 3.28. The number of rotatable bonds is 2. The molecule has 0 bridgehead atoms. The predicted molar refractivity (Wildman–Crippen MR) is 70.9 cm³/mol. The maximum absolute atomic E-state index is 11.7. The fourth-order valence-electron chi connectivity index (χ4n) is 1.53. The van der Waals surface area contributed by atoms with Crippen LogP contribution in [0.5, 0.6) is 0 Å². The summed E-state index contributed by atoms with van der Waals surface area (Å²) in [7, 11) is 0. The van der Waals surface area contributed by atoms with E-state index < -0.39 is 0 Å². The van der Waals surface area contributed by atoms with E-state index in [1.165, 1.54) is 4.68 Å². The van der Waals surface area contributed by atoms with E-state index in [1.54, 1.807) is 18.3 Å². The lowest BCUT2D eigenvalue weighted by Gasteiger charge is -2.08. The molecule has 2 N–H and O–H groups in total. The van der Waals surface area contributed by atoms with Crippen molar-refractivity contribution >= 4 is 21.6 Å². The van der Waals surface area contributed by atoms with Gasteiger partial charge in [0.25, 0.3) is 5.56 Å². The smallest absolute Gasteiger partial charge is 0.267 e. The normalized spacial score (nSPS) is 10.5. The van der Waals surface area contributed by atoms with Gasteiger partial charge in [0.1, 0.15) is 0 Å². The lowest BCUT2D eigenvalue weighted by atomic mass is 10.2. The molecule has 1 aromatic carbocycles. The van der Waals surface area contributed by atoms with Gasteiger partial charge < -0.3 is 5.73 Å². The average molecular weight is 294 g/mol. The molecule has 17 heavy (non-hydrogen) atoms. The lowest BCUT2D eigenvalue weighted by Crippen LogP contribution is -2.22. The summed E-state index contributed by atoms with van der Waals surface area (Å²) in [6, 6.07) is 7.13. The maximum atomic E-state index is 11.7. The molecular weight excluding hydrogens is 282 g/mol. The number of nitrogens with two attached hydrogens (primary N) is 1. The van der Waals surface area contributed by atoms with Gasteiger partial charge in [-0.1, -0.05) is 12.1 Å². The molecule has 0 aliphatic heterocycles. The summed E-state index contributed by atoms with van der Waals surface area (Å²) in [5.74, 6) is 0. The molecule has 88 valence electrons. The number of aromatic nitrogens is 2. The molecule has 0 aliphatic carbocycles. The van der Waals surface area contributed by atoms with Crippen LogP contribution in [0.25, 0.3) is 0 Å².